The van der Waals surface area contributed by atoms with E-state index in [-0.39, 0.29) is 35.4 Å². The number of benzene rings is 1. The lowest BCUT2D eigenvalue weighted by molar-refractivity contribution is 0.0827. The molecule has 2 unspecified atom stereocenters. The van der Waals surface area contributed by atoms with Crippen molar-refractivity contribution in [1.29, 1.82) is 0 Å². The van der Waals surface area contributed by atoms with E-state index in [0.29, 0.717) is 60.5 Å². The first-order valence-corrected chi connectivity index (χ1v) is 15.0. The Bertz CT molecular complexity index is 1630. The lowest BCUT2D eigenvalue weighted by Gasteiger charge is -2.34. The Morgan fingerprint density at radius 1 is 1.21 bits per heavy atom. The quantitative estimate of drug-likeness (QED) is 0.440. The summed E-state index contributed by atoms with van der Waals surface area (Å²) in [6, 6.07) is 7.29. The van der Waals surface area contributed by atoms with Gasteiger partial charge in [0.25, 0.3) is 5.91 Å². The molecule has 0 spiro atoms. The number of nitrogens with one attached hydrogen (secondary N) is 1. The zero-order chi connectivity index (χ0) is 29.9. The van der Waals surface area contributed by atoms with E-state index in [1.807, 2.05) is 0 Å². The summed E-state index contributed by atoms with van der Waals surface area (Å²) >= 11 is 0. The van der Waals surface area contributed by atoms with Crippen LogP contribution in [-0.4, -0.2) is 101 Å². The summed E-state index contributed by atoms with van der Waals surface area (Å²) in [4.78, 5) is 32.4. The molecule has 4 aliphatic heterocycles. The van der Waals surface area contributed by atoms with Crippen LogP contribution in [0.2, 0.25) is 0 Å². The molecule has 224 valence electrons. The van der Waals surface area contributed by atoms with Gasteiger partial charge < -0.3 is 19.9 Å². The molecule has 2 bridgehead atoms. The van der Waals surface area contributed by atoms with E-state index in [1.165, 1.54) is 4.90 Å². The molecule has 43 heavy (non-hydrogen) atoms. The number of pyridine rings is 1. The topological polar surface area (TPSA) is 86.7 Å². The number of rotatable bonds is 6. The van der Waals surface area contributed by atoms with Crippen molar-refractivity contribution >= 4 is 22.6 Å². The molecule has 4 aliphatic rings. The van der Waals surface area contributed by atoms with E-state index in [0.717, 1.165) is 32.2 Å². The van der Waals surface area contributed by atoms with Crippen molar-refractivity contribution in [2.75, 3.05) is 51.8 Å². The Balaban J connectivity index is 1.35. The second-order valence-electron chi connectivity index (χ2n) is 12.5. The van der Waals surface area contributed by atoms with Gasteiger partial charge in [-0.25, -0.2) is 13.8 Å². The first kappa shape index (κ1) is 27.9. The van der Waals surface area contributed by atoms with Crippen LogP contribution >= 0.6 is 0 Å². The highest BCUT2D eigenvalue weighted by Crippen LogP contribution is 2.41. The van der Waals surface area contributed by atoms with Crippen LogP contribution in [0.5, 0.6) is 6.01 Å². The van der Waals surface area contributed by atoms with Gasteiger partial charge in [0.15, 0.2) is 5.82 Å². The molecule has 6 heterocycles. The number of carbonyl (C=O) groups excluding carboxylic acids is 1. The van der Waals surface area contributed by atoms with Crippen LogP contribution in [0.4, 0.5) is 14.6 Å². The van der Waals surface area contributed by atoms with Crippen molar-refractivity contribution in [1.82, 2.24) is 30.1 Å². The van der Waals surface area contributed by atoms with Gasteiger partial charge in [0.05, 0.1) is 10.9 Å². The summed E-state index contributed by atoms with van der Waals surface area (Å²) in [5.41, 5.74) is 0.645. The largest absolute Gasteiger partial charge is 0.461 e. The summed E-state index contributed by atoms with van der Waals surface area (Å²) in [6.45, 7) is 2.83. The third kappa shape index (κ3) is 4.86. The summed E-state index contributed by atoms with van der Waals surface area (Å²) < 4.78 is 37.3. The van der Waals surface area contributed by atoms with Crippen LogP contribution in [-0.2, 0) is 0 Å². The number of carbonyl (C=O) groups is 1. The number of terminal acetylenes is 1. The van der Waals surface area contributed by atoms with Crippen LogP contribution in [0.3, 0.4) is 0 Å². The van der Waals surface area contributed by atoms with Crippen molar-refractivity contribution < 1.29 is 18.3 Å². The van der Waals surface area contributed by atoms with E-state index < -0.39 is 17.5 Å². The molecule has 0 radical (unpaired) electrons. The first-order valence-electron chi connectivity index (χ1n) is 15.0. The Morgan fingerprint density at radius 3 is 2.74 bits per heavy atom. The van der Waals surface area contributed by atoms with Gasteiger partial charge in [0.2, 0.25) is 0 Å². The zero-order valence-corrected chi connectivity index (χ0v) is 24.4. The van der Waals surface area contributed by atoms with Gasteiger partial charge in [-0.3, -0.25) is 9.69 Å². The molecule has 0 saturated carbocycles. The second-order valence-corrected chi connectivity index (χ2v) is 12.5. The van der Waals surface area contributed by atoms with Crippen molar-refractivity contribution in [3.8, 4) is 29.6 Å². The highest BCUT2D eigenvalue weighted by Gasteiger charge is 2.49. The van der Waals surface area contributed by atoms with Gasteiger partial charge in [-0.1, -0.05) is 12.1 Å². The number of nitrogens with zero attached hydrogens (tertiary/aromatic N) is 6. The molecule has 11 heteroatoms. The van der Waals surface area contributed by atoms with Gasteiger partial charge in [-0.05, 0) is 50.3 Å². The molecule has 9 nitrogen and oxygen atoms in total. The molecule has 4 fully saturated rings. The summed E-state index contributed by atoms with van der Waals surface area (Å²) in [6.07, 6.45) is 9.42. The number of amides is 1. The molecule has 1 aromatic carbocycles. The van der Waals surface area contributed by atoms with E-state index in [4.69, 9.17) is 16.1 Å². The van der Waals surface area contributed by atoms with Gasteiger partial charge in [0, 0.05) is 63.4 Å². The van der Waals surface area contributed by atoms with Crippen LogP contribution in [0, 0.1) is 18.2 Å². The van der Waals surface area contributed by atoms with Crippen LogP contribution < -0.4 is 15.0 Å². The average Bonchev–Trinajstić information content (AvgIpc) is 3.65. The van der Waals surface area contributed by atoms with E-state index in [9.17, 15) is 9.18 Å². The molecule has 4 saturated heterocycles. The molecule has 7 rings (SSSR count). The van der Waals surface area contributed by atoms with E-state index in [1.54, 1.807) is 38.4 Å². The smallest absolute Gasteiger partial charge is 0.319 e. The maximum Gasteiger partial charge on any atom is 0.319 e. The fraction of sp³-hybridized carbons (Fsp3) is 0.500. The molecule has 3 aromatic rings. The standard InChI is InChI=1S/C32H35F2N7O2/c1-4-24-25-28(26(34)27(36-24)19-7-5-8-20(13-19)30(42)39(2)3)37-31(38-29(25)40-16-22-9-10-23(17-40)35-22)43-18-32-11-6-12-41(32)15-21(33)14-32/h1,5,7-8,13,21-23,35H,6,9-12,14-18H2,2-3H3/t21-,22?,23?,32+/m1/s1. The van der Waals surface area contributed by atoms with Gasteiger partial charge in [-0.2, -0.15) is 9.97 Å². The fourth-order valence-corrected chi connectivity index (χ4v) is 7.40. The van der Waals surface area contributed by atoms with Gasteiger partial charge in [-0.15, -0.1) is 6.42 Å². The minimum atomic E-state index is -0.896. The number of aromatic nitrogens is 3. The molecule has 4 atom stereocenters. The predicted molar refractivity (Wildman–Crippen MR) is 159 cm³/mol. The maximum atomic E-state index is 16.6. The number of alkyl halides is 1. The van der Waals surface area contributed by atoms with Crippen molar-refractivity contribution in [3.05, 3.63) is 41.3 Å². The molecule has 1 N–H and O–H groups in total. The van der Waals surface area contributed by atoms with Crippen LogP contribution in [0.25, 0.3) is 22.2 Å². The van der Waals surface area contributed by atoms with Crippen molar-refractivity contribution in [2.24, 2.45) is 0 Å². The summed E-state index contributed by atoms with van der Waals surface area (Å²) in [5.74, 6) is 2.27. The first-order chi connectivity index (χ1) is 20.7. The number of hydrogen-bond donors (Lipinski definition) is 1. The third-order valence-corrected chi connectivity index (χ3v) is 9.42. The third-order valence-electron chi connectivity index (χ3n) is 9.42. The second kappa shape index (κ2) is 10.7. The fourth-order valence-electron chi connectivity index (χ4n) is 7.40. The van der Waals surface area contributed by atoms with Crippen LogP contribution in [0.1, 0.15) is 48.2 Å². The highest BCUT2D eigenvalue weighted by atomic mass is 19.1. The van der Waals surface area contributed by atoms with Gasteiger partial charge >= 0.3 is 6.01 Å². The number of hydrogen-bond acceptors (Lipinski definition) is 8. The van der Waals surface area contributed by atoms with E-state index in [2.05, 4.69) is 31.0 Å². The monoisotopic (exact) mass is 587 g/mol. The summed E-state index contributed by atoms with van der Waals surface area (Å²) in [5, 5.41) is 3.98. The van der Waals surface area contributed by atoms with Crippen molar-refractivity contribution in [3.63, 3.8) is 0 Å². The highest BCUT2D eigenvalue weighted by molar-refractivity contribution is 5.98. The van der Waals surface area contributed by atoms with Crippen molar-refractivity contribution in [2.45, 2.75) is 55.9 Å². The Hall–Kier alpha value is -3.88. The minimum Gasteiger partial charge on any atom is -0.461 e. The molecule has 1 amide bonds. The molecule has 0 aliphatic carbocycles. The zero-order valence-electron chi connectivity index (χ0n) is 24.4. The summed E-state index contributed by atoms with van der Waals surface area (Å²) in [7, 11) is 3.32. The lowest BCUT2D eigenvalue weighted by atomic mass is 9.95. The lowest BCUT2D eigenvalue weighted by Crippen LogP contribution is -2.51. The maximum absolute atomic E-state index is 16.6. The molecule has 2 aromatic heterocycles. The normalized spacial score (nSPS) is 26.5. The minimum absolute atomic E-state index is 0.00135. The SMILES string of the molecule is C#Cc1nc(-c2cccc(C(=O)N(C)C)c2)c(F)c2nc(OC[C@@]34CCCN3C[C@H](F)C4)nc(N3CC4CCC(C3)N4)c12. The average molecular weight is 588 g/mol. The molecular formula is C32H35F2N7O2. The Labute approximate surface area is 249 Å². The number of piperazine rings is 1. The Morgan fingerprint density at radius 2 is 2.00 bits per heavy atom. The number of halogens is 2. The number of ether oxygens (including phenoxy) is 1. The Kier molecular flexibility index (Phi) is 6.94. The van der Waals surface area contributed by atoms with Gasteiger partial charge in [0.1, 0.15) is 35.5 Å². The molecular weight excluding hydrogens is 552 g/mol. The predicted octanol–water partition coefficient (Wildman–Crippen LogP) is 3.41. The van der Waals surface area contributed by atoms with Crippen LogP contribution in [0.15, 0.2) is 24.3 Å². The number of anilines is 1. The van der Waals surface area contributed by atoms with E-state index >= 15 is 4.39 Å². The number of fused-ring (bicyclic) bond motifs is 4.